The van der Waals surface area contributed by atoms with E-state index >= 15 is 0 Å². The smallest absolute Gasteiger partial charge is 0.254 e. The minimum atomic E-state index is -0.161. The van der Waals surface area contributed by atoms with Crippen LogP contribution in [0.1, 0.15) is 41.8 Å². The van der Waals surface area contributed by atoms with Gasteiger partial charge in [0.1, 0.15) is 0 Å². The van der Waals surface area contributed by atoms with Crippen LogP contribution in [0.2, 0.25) is 0 Å². The topological polar surface area (TPSA) is 74.8 Å². The number of nitrogens with zero attached hydrogens (tertiary/aromatic N) is 1. The molecule has 1 aromatic heterocycles. The van der Waals surface area contributed by atoms with E-state index in [1.54, 1.807) is 6.92 Å². The minimum Gasteiger partial charge on any atom is -0.350 e. The van der Waals surface area contributed by atoms with Crippen LogP contribution in [0.15, 0.2) is 34.2 Å². The number of aromatic amines is 1. The average molecular weight is 345 g/mol. The molecule has 0 spiro atoms. The van der Waals surface area contributed by atoms with Gasteiger partial charge in [0.2, 0.25) is 5.91 Å². The van der Waals surface area contributed by atoms with E-state index in [-0.39, 0.29) is 23.9 Å². The third-order valence-electron chi connectivity index (χ3n) is 3.95. The molecule has 1 heterocycles. The summed E-state index contributed by atoms with van der Waals surface area (Å²) in [6.45, 7) is 5.79. The average Bonchev–Trinajstić information content (AvgIpc) is 2.54. The molecule has 2 aromatic rings. The zero-order valence-corrected chi connectivity index (χ0v) is 15.3. The number of amides is 1. The van der Waals surface area contributed by atoms with Crippen LogP contribution in [-0.4, -0.2) is 22.1 Å². The van der Waals surface area contributed by atoms with Crippen molar-refractivity contribution >= 4 is 17.7 Å². The van der Waals surface area contributed by atoms with E-state index in [0.29, 0.717) is 22.8 Å². The molecule has 2 N–H and O–H groups in total. The summed E-state index contributed by atoms with van der Waals surface area (Å²) < 4.78 is 0. The summed E-state index contributed by atoms with van der Waals surface area (Å²) in [7, 11) is 0. The Hall–Kier alpha value is -2.08. The van der Waals surface area contributed by atoms with Crippen molar-refractivity contribution in [3.8, 4) is 0 Å². The quantitative estimate of drug-likeness (QED) is 0.623. The molecule has 1 atom stereocenters. The molecule has 6 heteroatoms. The number of aromatic nitrogens is 2. The first kappa shape index (κ1) is 18.3. The molecule has 0 saturated heterocycles. The second-order valence-corrected chi connectivity index (χ2v) is 6.63. The van der Waals surface area contributed by atoms with Crippen molar-refractivity contribution in [2.75, 3.05) is 6.26 Å². The van der Waals surface area contributed by atoms with Crippen LogP contribution in [0.5, 0.6) is 0 Å². The van der Waals surface area contributed by atoms with Crippen LogP contribution < -0.4 is 10.9 Å². The van der Waals surface area contributed by atoms with E-state index in [0.717, 1.165) is 5.56 Å². The molecule has 2 rings (SSSR count). The van der Waals surface area contributed by atoms with Crippen molar-refractivity contribution < 1.29 is 4.79 Å². The zero-order valence-electron chi connectivity index (χ0n) is 14.5. The summed E-state index contributed by atoms with van der Waals surface area (Å²) in [5, 5.41) is 3.57. The largest absolute Gasteiger partial charge is 0.350 e. The van der Waals surface area contributed by atoms with Crippen LogP contribution in [0, 0.1) is 13.8 Å². The molecular formula is C18H23N3O2S. The highest BCUT2D eigenvalue weighted by molar-refractivity contribution is 7.98. The normalized spacial score (nSPS) is 12.0. The van der Waals surface area contributed by atoms with Gasteiger partial charge in [-0.05, 0) is 39.0 Å². The third kappa shape index (κ3) is 4.71. The van der Waals surface area contributed by atoms with E-state index < -0.39 is 0 Å². The molecule has 1 aromatic carbocycles. The van der Waals surface area contributed by atoms with Gasteiger partial charge in [-0.2, -0.15) is 0 Å². The summed E-state index contributed by atoms with van der Waals surface area (Å²) in [4.78, 5) is 31.3. The second-order valence-electron chi connectivity index (χ2n) is 5.84. The lowest BCUT2D eigenvalue weighted by atomic mass is 10.1. The number of benzene rings is 1. The molecule has 0 radical (unpaired) electrons. The van der Waals surface area contributed by atoms with Crippen LogP contribution in [-0.2, 0) is 11.2 Å². The Morgan fingerprint density at radius 3 is 2.54 bits per heavy atom. The summed E-state index contributed by atoms with van der Waals surface area (Å²) in [5.74, 6) is -0.0733. The van der Waals surface area contributed by atoms with Gasteiger partial charge in [-0.1, -0.05) is 41.6 Å². The summed E-state index contributed by atoms with van der Waals surface area (Å²) >= 11 is 1.39. The number of thioether (sulfide) groups is 1. The van der Waals surface area contributed by atoms with Gasteiger partial charge in [0.05, 0.1) is 6.04 Å². The Kier molecular flexibility index (Phi) is 6.20. The van der Waals surface area contributed by atoms with Crippen LogP contribution >= 0.6 is 11.8 Å². The minimum absolute atomic E-state index is 0.0607. The monoisotopic (exact) mass is 345 g/mol. The number of nitrogens with one attached hydrogen (secondary N) is 2. The molecule has 0 bridgehead atoms. The third-order valence-corrected chi connectivity index (χ3v) is 4.53. The zero-order chi connectivity index (χ0) is 17.7. The van der Waals surface area contributed by atoms with Gasteiger partial charge in [0.25, 0.3) is 5.56 Å². The molecule has 1 amide bonds. The fourth-order valence-corrected chi connectivity index (χ4v) is 2.89. The highest BCUT2D eigenvalue weighted by Crippen LogP contribution is 2.14. The van der Waals surface area contributed by atoms with Crippen molar-refractivity contribution in [3.63, 3.8) is 0 Å². The van der Waals surface area contributed by atoms with Crippen molar-refractivity contribution in [1.29, 1.82) is 0 Å². The lowest BCUT2D eigenvalue weighted by Crippen LogP contribution is -2.28. The molecule has 0 fully saturated rings. The molecular weight excluding hydrogens is 322 g/mol. The number of hydrogen-bond donors (Lipinski definition) is 2. The SMILES string of the molecule is CSc1nc(C)c(CCC(=O)NC(C)c2ccc(C)cc2)c(=O)[nH]1. The number of H-pyrrole nitrogens is 1. The first-order chi connectivity index (χ1) is 11.4. The van der Waals surface area contributed by atoms with Gasteiger partial charge in [-0.25, -0.2) is 4.98 Å². The molecule has 5 nitrogen and oxygen atoms in total. The number of aryl methyl sites for hydroxylation is 2. The molecule has 0 aliphatic rings. The van der Waals surface area contributed by atoms with Gasteiger partial charge in [0.15, 0.2) is 5.16 Å². The van der Waals surface area contributed by atoms with E-state index in [2.05, 4.69) is 15.3 Å². The van der Waals surface area contributed by atoms with Gasteiger partial charge < -0.3 is 10.3 Å². The number of carbonyl (C=O) groups excluding carboxylic acids is 1. The van der Waals surface area contributed by atoms with Crippen molar-refractivity contribution in [3.05, 3.63) is 57.0 Å². The molecule has 24 heavy (non-hydrogen) atoms. The molecule has 0 aliphatic carbocycles. The number of hydrogen-bond acceptors (Lipinski definition) is 4. The molecule has 0 aliphatic heterocycles. The standard InChI is InChI=1S/C18H23N3O2S/c1-11-5-7-14(8-6-11)12(2)19-16(22)10-9-15-13(3)20-18(24-4)21-17(15)23/h5-8,12H,9-10H2,1-4H3,(H,19,22)(H,20,21,23). The van der Waals surface area contributed by atoms with Crippen LogP contribution in [0.3, 0.4) is 0 Å². The van der Waals surface area contributed by atoms with Crippen molar-refractivity contribution in [2.24, 2.45) is 0 Å². The fraction of sp³-hybridized carbons (Fsp3) is 0.389. The Bertz CT molecular complexity index is 769. The summed E-state index contributed by atoms with van der Waals surface area (Å²) in [5.41, 5.74) is 3.35. The van der Waals surface area contributed by atoms with E-state index in [1.165, 1.54) is 17.3 Å². The van der Waals surface area contributed by atoms with Crippen LogP contribution in [0.25, 0.3) is 0 Å². The van der Waals surface area contributed by atoms with Gasteiger partial charge in [-0.15, -0.1) is 0 Å². The highest BCUT2D eigenvalue weighted by Gasteiger charge is 2.13. The Balaban J connectivity index is 1.96. The first-order valence-corrected chi connectivity index (χ1v) is 9.13. The van der Waals surface area contributed by atoms with E-state index in [9.17, 15) is 9.59 Å². The van der Waals surface area contributed by atoms with Crippen molar-refractivity contribution in [1.82, 2.24) is 15.3 Å². The van der Waals surface area contributed by atoms with Crippen molar-refractivity contribution in [2.45, 2.75) is 44.8 Å². The maximum Gasteiger partial charge on any atom is 0.254 e. The molecule has 1 unspecified atom stereocenters. The summed E-state index contributed by atoms with van der Waals surface area (Å²) in [6, 6.07) is 8.02. The lowest BCUT2D eigenvalue weighted by Gasteiger charge is -2.14. The lowest BCUT2D eigenvalue weighted by molar-refractivity contribution is -0.121. The Morgan fingerprint density at radius 1 is 1.29 bits per heavy atom. The first-order valence-electron chi connectivity index (χ1n) is 7.90. The van der Waals surface area contributed by atoms with E-state index in [1.807, 2.05) is 44.4 Å². The fourth-order valence-electron chi connectivity index (χ4n) is 2.47. The maximum atomic E-state index is 12.2. The van der Waals surface area contributed by atoms with Gasteiger partial charge in [-0.3, -0.25) is 9.59 Å². The Morgan fingerprint density at radius 2 is 1.96 bits per heavy atom. The van der Waals surface area contributed by atoms with Gasteiger partial charge >= 0.3 is 0 Å². The highest BCUT2D eigenvalue weighted by atomic mass is 32.2. The van der Waals surface area contributed by atoms with Gasteiger partial charge in [0, 0.05) is 17.7 Å². The summed E-state index contributed by atoms with van der Waals surface area (Å²) in [6.07, 6.45) is 2.51. The number of rotatable bonds is 6. The molecule has 128 valence electrons. The number of carbonyl (C=O) groups is 1. The molecule has 0 saturated carbocycles. The van der Waals surface area contributed by atoms with E-state index in [4.69, 9.17) is 0 Å². The van der Waals surface area contributed by atoms with Crippen LogP contribution in [0.4, 0.5) is 0 Å². The maximum absolute atomic E-state index is 12.2. The Labute approximate surface area is 146 Å². The predicted molar refractivity (Wildman–Crippen MR) is 97.4 cm³/mol. The predicted octanol–water partition coefficient (Wildman–Crippen LogP) is 2.92. The second kappa shape index (κ2) is 8.15.